The van der Waals surface area contributed by atoms with Crippen molar-refractivity contribution in [2.24, 2.45) is 0 Å². The molecule has 6 heteroatoms. The maximum atomic E-state index is 5.57. The van der Waals surface area contributed by atoms with Crippen molar-refractivity contribution in [1.29, 1.82) is 0 Å². The van der Waals surface area contributed by atoms with Gasteiger partial charge in [0.25, 0.3) is 0 Å². The van der Waals surface area contributed by atoms with Gasteiger partial charge >= 0.3 is 8.80 Å². The van der Waals surface area contributed by atoms with E-state index in [1.54, 1.807) is 21.3 Å². The summed E-state index contributed by atoms with van der Waals surface area (Å²) in [5.41, 5.74) is 0. The van der Waals surface area contributed by atoms with Crippen LogP contribution in [-0.2, 0) is 18.0 Å². The highest BCUT2D eigenvalue weighted by Crippen LogP contribution is 2.17. The second kappa shape index (κ2) is 5.79. The maximum Gasteiger partial charge on any atom is 0.502 e. The number of hydrogen-bond acceptors (Lipinski definition) is 5. The van der Waals surface area contributed by atoms with Crippen LogP contribution in [0.5, 0.6) is 0 Å². The van der Waals surface area contributed by atoms with E-state index in [-0.39, 0.29) is 6.10 Å². The largest absolute Gasteiger partial charge is 0.502 e. The van der Waals surface area contributed by atoms with Gasteiger partial charge in [0.2, 0.25) is 0 Å². The third-order valence-corrected chi connectivity index (χ3v) is 5.24. The van der Waals surface area contributed by atoms with Crippen molar-refractivity contribution in [2.45, 2.75) is 12.1 Å². The number of rotatable bonds is 5. The van der Waals surface area contributed by atoms with Gasteiger partial charge in [0.1, 0.15) is 0 Å². The molecule has 0 amide bonds. The maximum absolute atomic E-state index is 5.57. The van der Waals surface area contributed by atoms with Crippen molar-refractivity contribution in [3.63, 3.8) is 0 Å². The fourth-order valence-corrected chi connectivity index (χ4v) is 3.35. The summed E-state index contributed by atoms with van der Waals surface area (Å²) in [6.07, 6.45) is 0.135. The van der Waals surface area contributed by atoms with E-state index in [4.69, 9.17) is 18.0 Å². The van der Waals surface area contributed by atoms with E-state index in [0.29, 0.717) is 6.04 Å². The zero-order valence-electron chi connectivity index (χ0n) is 9.04. The van der Waals surface area contributed by atoms with E-state index in [1.807, 2.05) is 0 Å². The summed E-state index contributed by atoms with van der Waals surface area (Å²) in [7, 11) is 2.39. The van der Waals surface area contributed by atoms with Gasteiger partial charge < -0.3 is 23.3 Å². The standard InChI is InChI=1S/C8H19NO4Si/c1-10-14(11-2,12-3)7-8-6-9-4-5-13-8/h8-9H,4-7H2,1-3H3. The van der Waals surface area contributed by atoms with Gasteiger partial charge in [-0.25, -0.2) is 0 Å². The highest BCUT2D eigenvalue weighted by Gasteiger charge is 2.41. The molecule has 1 rings (SSSR count). The molecule has 1 atom stereocenters. The van der Waals surface area contributed by atoms with Gasteiger partial charge in [-0.05, 0) is 0 Å². The average Bonchev–Trinajstić information content (AvgIpc) is 2.28. The lowest BCUT2D eigenvalue weighted by atomic mass is 10.3. The predicted molar refractivity (Wildman–Crippen MR) is 54.2 cm³/mol. The van der Waals surface area contributed by atoms with Crippen LogP contribution in [0, 0.1) is 0 Å². The first-order valence-corrected chi connectivity index (χ1v) is 6.67. The Morgan fingerprint density at radius 1 is 1.29 bits per heavy atom. The molecule has 14 heavy (non-hydrogen) atoms. The van der Waals surface area contributed by atoms with Crippen molar-refractivity contribution in [2.75, 3.05) is 41.0 Å². The molecule has 0 saturated carbocycles. The molecule has 0 bridgehead atoms. The van der Waals surface area contributed by atoms with E-state index < -0.39 is 8.80 Å². The SMILES string of the molecule is CO[Si](CC1CNCCO1)(OC)OC. The van der Waals surface area contributed by atoms with Crippen molar-refractivity contribution in [3.05, 3.63) is 0 Å². The zero-order valence-corrected chi connectivity index (χ0v) is 10.0. The summed E-state index contributed by atoms with van der Waals surface area (Å²) in [6.45, 7) is 2.50. The highest BCUT2D eigenvalue weighted by atomic mass is 28.4. The molecule has 84 valence electrons. The zero-order chi connectivity index (χ0) is 10.4. The third-order valence-electron chi connectivity index (χ3n) is 2.42. The Bertz CT molecular complexity index is 151. The normalized spacial score (nSPS) is 23.8. The quantitative estimate of drug-likeness (QED) is 0.654. The van der Waals surface area contributed by atoms with E-state index in [1.165, 1.54) is 0 Å². The molecule has 0 radical (unpaired) electrons. The van der Waals surface area contributed by atoms with Gasteiger partial charge in [-0.3, -0.25) is 0 Å². The Hall–Kier alpha value is 0.0169. The van der Waals surface area contributed by atoms with Crippen molar-refractivity contribution in [3.8, 4) is 0 Å². The molecule has 0 spiro atoms. The third kappa shape index (κ3) is 3.01. The molecular formula is C8H19NO4Si. The van der Waals surface area contributed by atoms with E-state index in [0.717, 1.165) is 19.7 Å². The Morgan fingerprint density at radius 3 is 2.36 bits per heavy atom. The molecular weight excluding hydrogens is 202 g/mol. The number of ether oxygens (including phenoxy) is 1. The van der Waals surface area contributed by atoms with Gasteiger partial charge in [-0.2, -0.15) is 0 Å². The number of morpholine rings is 1. The Labute approximate surface area is 86.0 Å². The van der Waals surface area contributed by atoms with Crippen LogP contribution >= 0.6 is 0 Å². The minimum atomic E-state index is -2.47. The summed E-state index contributed by atoms with van der Waals surface area (Å²) in [5.74, 6) is 0. The van der Waals surface area contributed by atoms with Crippen LogP contribution in [0.3, 0.4) is 0 Å². The first-order valence-electron chi connectivity index (χ1n) is 4.74. The topological polar surface area (TPSA) is 49.0 Å². The molecule has 1 unspecified atom stereocenters. The molecule has 0 aromatic heterocycles. The second-order valence-corrected chi connectivity index (χ2v) is 6.20. The van der Waals surface area contributed by atoms with Gasteiger partial charge in [0.05, 0.1) is 12.7 Å². The molecule has 0 aliphatic carbocycles. The van der Waals surface area contributed by atoms with Crippen LogP contribution in [0.4, 0.5) is 0 Å². The van der Waals surface area contributed by atoms with Gasteiger partial charge in [-0.1, -0.05) is 0 Å². The first kappa shape index (κ1) is 12.1. The Balaban J connectivity index is 2.44. The molecule has 1 heterocycles. The van der Waals surface area contributed by atoms with Gasteiger partial charge in [0, 0.05) is 40.5 Å². The lowest BCUT2D eigenvalue weighted by molar-refractivity contribution is 0.0222. The predicted octanol–water partition coefficient (Wildman–Crippen LogP) is -0.147. The summed E-state index contributed by atoms with van der Waals surface area (Å²) in [6, 6.07) is 0.698. The summed E-state index contributed by atoms with van der Waals surface area (Å²) in [4.78, 5) is 0. The molecule has 1 aliphatic heterocycles. The molecule has 1 saturated heterocycles. The molecule has 5 nitrogen and oxygen atoms in total. The van der Waals surface area contributed by atoms with Crippen LogP contribution < -0.4 is 5.32 Å². The summed E-state index contributed by atoms with van der Waals surface area (Å²) < 4.78 is 21.5. The van der Waals surface area contributed by atoms with Crippen LogP contribution in [0.25, 0.3) is 0 Å². The lowest BCUT2D eigenvalue weighted by Crippen LogP contribution is -2.50. The summed E-state index contributed by atoms with van der Waals surface area (Å²) >= 11 is 0. The summed E-state index contributed by atoms with van der Waals surface area (Å²) in [5, 5.41) is 3.26. The van der Waals surface area contributed by atoms with Gasteiger partial charge in [0.15, 0.2) is 0 Å². The molecule has 1 aliphatic rings. The Morgan fingerprint density at radius 2 is 1.93 bits per heavy atom. The van der Waals surface area contributed by atoms with Crippen molar-refractivity contribution in [1.82, 2.24) is 5.32 Å². The van der Waals surface area contributed by atoms with Crippen LogP contribution in [-0.4, -0.2) is 55.9 Å². The molecule has 1 fully saturated rings. The molecule has 1 N–H and O–H groups in total. The van der Waals surface area contributed by atoms with Crippen LogP contribution in [0.2, 0.25) is 6.04 Å². The van der Waals surface area contributed by atoms with Crippen LogP contribution in [0.15, 0.2) is 0 Å². The van der Waals surface area contributed by atoms with Crippen molar-refractivity contribution >= 4 is 8.80 Å². The molecule has 0 aromatic carbocycles. The number of nitrogens with one attached hydrogen (secondary N) is 1. The highest BCUT2D eigenvalue weighted by molar-refractivity contribution is 6.60. The Kier molecular flexibility index (Phi) is 5.00. The lowest BCUT2D eigenvalue weighted by Gasteiger charge is -2.30. The fourth-order valence-electron chi connectivity index (χ4n) is 1.53. The van der Waals surface area contributed by atoms with E-state index >= 15 is 0 Å². The van der Waals surface area contributed by atoms with Crippen molar-refractivity contribution < 1.29 is 18.0 Å². The minimum Gasteiger partial charge on any atom is -0.377 e. The van der Waals surface area contributed by atoms with E-state index in [9.17, 15) is 0 Å². The minimum absolute atomic E-state index is 0.135. The monoisotopic (exact) mass is 221 g/mol. The van der Waals surface area contributed by atoms with E-state index in [2.05, 4.69) is 5.32 Å². The first-order chi connectivity index (χ1) is 6.76. The fraction of sp³-hybridized carbons (Fsp3) is 1.00. The smallest absolute Gasteiger partial charge is 0.377 e. The van der Waals surface area contributed by atoms with Crippen LogP contribution in [0.1, 0.15) is 0 Å². The average molecular weight is 221 g/mol. The van der Waals surface area contributed by atoms with Gasteiger partial charge in [-0.15, -0.1) is 0 Å². The number of hydrogen-bond donors (Lipinski definition) is 1. The second-order valence-electron chi connectivity index (χ2n) is 3.20. The molecule has 0 aromatic rings.